The molecule has 162 valence electrons. The van der Waals surface area contributed by atoms with Crippen LogP contribution in [0, 0.1) is 0 Å². The summed E-state index contributed by atoms with van der Waals surface area (Å²) in [5.74, 6) is -0.492. The lowest BCUT2D eigenvalue weighted by atomic mass is 10.2. The molecule has 1 aliphatic heterocycles. The van der Waals surface area contributed by atoms with E-state index >= 15 is 0 Å². The van der Waals surface area contributed by atoms with Crippen LogP contribution in [-0.4, -0.2) is 43.5 Å². The van der Waals surface area contributed by atoms with Crippen LogP contribution in [-0.2, 0) is 14.8 Å². The second-order valence-electron chi connectivity index (χ2n) is 6.84. The highest BCUT2D eigenvalue weighted by Crippen LogP contribution is 2.26. The molecule has 0 saturated carbocycles. The van der Waals surface area contributed by atoms with Gasteiger partial charge in [0.15, 0.2) is 5.13 Å². The number of pyridine rings is 1. The second-order valence-corrected chi connectivity index (χ2v) is 9.84. The van der Waals surface area contributed by atoms with Crippen LogP contribution in [0.5, 0.6) is 0 Å². The molecule has 0 aliphatic carbocycles. The normalized spacial score (nSPS) is 16.4. The molecular weight excluding hydrogens is 460 g/mol. The number of hydrogen-bond donors (Lipinski definition) is 2. The first-order valence-electron chi connectivity index (χ1n) is 9.51. The number of carbonyl (C=O) groups is 1. The summed E-state index contributed by atoms with van der Waals surface area (Å²) in [4.78, 5) is 21.1. The molecule has 1 aromatic carbocycles. The Hall–Kier alpha value is -2.37. The molecule has 11 heteroatoms. The van der Waals surface area contributed by atoms with Gasteiger partial charge in [-0.25, -0.2) is 18.1 Å². The van der Waals surface area contributed by atoms with Crippen LogP contribution in [0.2, 0.25) is 5.02 Å². The number of nitrogens with zero attached hydrogens (tertiary/aromatic N) is 2. The van der Waals surface area contributed by atoms with Gasteiger partial charge in [-0.05, 0) is 43.2 Å². The lowest BCUT2D eigenvalue weighted by Crippen LogP contribution is -2.32. The summed E-state index contributed by atoms with van der Waals surface area (Å²) in [7, 11) is -3.90. The number of halogens is 1. The van der Waals surface area contributed by atoms with Crippen molar-refractivity contribution >= 4 is 44.0 Å². The van der Waals surface area contributed by atoms with E-state index in [1.165, 1.54) is 29.5 Å². The van der Waals surface area contributed by atoms with Crippen molar-refractivity contribution in [2.45, 2.75) is 23.8 Å². The summed E-state index contributed by atoms with van der Waals surface area (Å²) in [6.07, 6.45) is 3.21. The summed E-state index contributed by atoms with van der Waals surface area (Å²) in [5.41, 5.74) is 1.48. The number of rotatable bonds is 7. The van der Waals surface area contributed by atoms with Gasteiger partial charge in [0.25, 0.3) is 5.91 Å². The molecule has 1 saturated heterocycles. The van der Waals surface area contributed by atoms with Gasteiger partial charge in [0, 0.05) is 30.3 Å². The Morgan fingerprint density at radius 3 is 2.87 bits per heavy atom. The fraction of sp³-hybridized carbons (Fsp3) is 0.250. The zero-order valence-corrected chi connectivity index (χ0v) is 18.6. The maximum Gasteiger partial charge on any atom is 0.257 e. The molecule has 4 rings (SSSR count). The third-order valence-corrected chi connectivity index (χ3v) is 7.32. The molecule has 0 spiro atoms. The molecule has 0 bridgehead atoms. The number of hydrogen-bond acceptors (Lipinski definition) is 7. The third-order valence-electron chi connectivity index (χ3n) is 4.66. The Kier molecular flexibility index (Phi) is 6.63. The molecule has 1 amide bonds. The predicted octanol–water partition coefficient (Wildman–Crippen LogP) is 3.57. The maximum absolute atomic E-state index is 12.7. The van der Waals surface area contributed by atoms with Crippen molar-refractivity contribution in [1.82, 2.24) is 14.7 Å². The minimum absolute atomic E-state index is 0.0306. The zero-order chi connectivity index (χ0) is 21.8. The Balaban J connectivity index is 1.48. The molecular formula is C20H19ClN4O4S2. The highest BCUT2D eigenvalue weighted by atomic mass is 35.5. The van der Waals surface area contributed by atoms with Gasteiger partial charge in [0.05, 0.1) is 16.8 Å². The van der Waals surface area contributed by atoms with Gasteiger partial charge in [-0.3, -0.25) is 15.1 Å². The number of sulfonamides is 1. The number of benzene rings is 1. The number of aromatic nitrogens is 2. The lowest BCUT2D eigenvalue weighted by Gasteiger charge is -2.13. The van der Waals surface area contributed by atoms with E-state index in [9.17, 15) is 13.2 Å². The van der Waals surface area contributed by atoms with Gasteiger partial charge < -0.3 is 4.74 Å². The standard InChI is InChI=1S/C20H19ClN4O4S2/c21-15-7-6-13(10-18(15)31(27,28)23-11-14-4-3-9-29-14)19(26)25-20-24-17(12-30-20)16-5-1-2-8-22-16/h1-2,5-8,10,12,14,23H,3-4,9,11H2,(H,24,25,26). The molecule has 3 heterocycles. The number of carbonyl (C=O) groups excluding carboxylic acids is 1. The minimum atomic E-state index is -3.90. The number of ether oxygens (including phenoxy) is 1. The topological polar surface area (TPSA) is 110 Å². The van der Waals surface area contributed by atoms with Gasteiger partial charge in [0.1, 0.15) is 10.6 Å². The van der Waals surface area contributed by atoms with Crippen molar-refractivity contribution < 1.29 is 17.9 Å². The van der Waals surface area contributed by atoms with Crippen molar-refractivity contribution in [1.29, 1.82) is 0 Å². The largest absolute Gasteiger partial charge is 0.377 e. The number of nitrogens with one attached hydrogen (secondary N) is 2. The van der Waals surface area contributed by atoms with E-state index in [1.54, 1.807) is 17.6 Å². The van der Waals surface area contributed by atoms with Crippen LogP contribution in [0.25, 0.3) is 11.4 Å². The molecule has 1 fully saturated rings. The molecule has 2 N–H and O–H groups in total. The van der Waals surface area contributed by atoms with Gasteiger partial charge in [-0.2, -0.15) is 0 Å². The van der Waals surface area contributed by atoms with Crippen LogP contribution < -0.4 is 10.0 Å². The van der Waals surface area contributed by atoms with E-state index in [0.717, 1.165) is 12.8 Å². The van der Waals surface area contributed by atoms with E-state index in [1.807, 2.05) is 12.1 Å². The number of thiazole rings is 1. The van der Waals surface area contributed by atoms with Crippen molar-refractivity contribution in [2.75, 3.05) is 18.5 Å². The maximum atomic E-state index is 12.7. The van der Waals surface area contributed by atoms with Gasteiger partial charge >= 0.3 is 0 Å². The average Bonchev–Trinajstić information content (AvgIpc) is 3.45. The first kappa shape index (κ1) is 21.8. The first-order valence-corrected chi connectivity index (χ1v) is 12.3. The van der Waals surface area contributed by atoms with Crippen molar-refractivity contribution in [2.24, 2.45) is 0 Å². The quantitative estimate of drug-likeness (QED) is 0.537. The predicted molar refractivity (Wildman–Crippen MR) is 119 cm³/mol. The fourth-order valence-electron chi connectivity index (χ4n) is 3.07. The zero-order valence-electron chi connectivity index (χ0n) is 16.2. The van der Waals surface area contributed by atoms with Gasteiger partial charge in [-0.15, -0.1) is 11.3 Å². The van der Waals surface area contributed by atoms with E-state index < -0.39 is 15.9 Å². The van der Waals surface area contributed by atoms with Gasteiger partial charge in [0.2, 0.25) is 10.0 Å². The molecule has 2 aromatic heterocycles. The molecule has 3 aromatic rings. The highest BCUT2D eigenvalue weighted by molar-refractivity contribution is 7.89. The number of amides is 1. The molecule has 1 atom stereocenters. The monoisotopic (exact) mass is 478 g/mol. The van der Waals surface area contributed by atoms with E-state index in [2.05, 4.69) is 20.0 Å². The fourth-order valence-corrected chi connectivity index (χ4v) is 5.36. The second kappa shape index (κ2) is 9.41. The summed E-state index contributed by atoms with van der Waals surface area (Å²) in [5, 5.41) is 4.88. The van der Waals surface area contributed by atoms with Crippen LogP contribution in [0.15, 0.2) is 52.9 Å². The summed E-state index contributed by atoms with van der Waals surface area (Å²) >= 11 is 7.36. The summed E-state index contributed by atoms with van der Waals surface area (Å²) in [6, 6.07) is 9.58. The van der Waals surface area contributed by atoms with Crippen molar-refractivity contribution in [3.05, 3.63) is 58.6 Å². The Morgan fingerprint density at radius 2 is 2.13 bits per heavy atom. The molecule has 0 radical (unpaired) electrons. The molecule has 1 aliphatic rings. The molecule has 8 nitrogen and oxygen atoms in total. The Labute approximate surface area is 188 Å². The van der Waals surface area contributed by atoms with Crippen molar-refractivity contribution in [3.63, 3.8) is 0 Å². The minimum Gasteiger partial charge on any atom is -0.377 e. The van der Waals surface area contributed by atoms with Crippen LogP contribution in [0.1, 0.15) is 23.2 Å². The van der Waals surface area contributed by atoms with Gasteiger partial charge in [-0.1, -0.05) is 17.7 Å². The van der Waals surface area contributed by atoms with E-state index in [0.29, 0.717) is 23.1 Å². The highest BCUT2D eigenvalue weighted by Gasteiger charge is 2.23. The Bertz CT molecular complexity index is 1180. The average molecular weight is 479 g/mol. The molecule has 31 heavy (non-hydrogen) atoms. The van der Waals surface area contributed by atoms with E-state index in [4.69, 9.17) is 16.3 Å². The summed E-state index contributed by atoms with van der Waals surface area (Å²) < 4.78 is 33.4. The van der Waals surface area contributed by atoms with Crippen molar-refractivity contribution in [3.8, 4) is 11.4 Å². The number of anilines is 1. The summed E-state index contributed by atoms with van der Waals surface area (Å²) in [6.45, 7) is 0.784. The van der Waals surface area contributed by atoms with Crippen LogP contribution in [0.4, 0.5) is 5.13 Å². The smallest absolute Gasteiger partial charge is 0.257 e. The van der Waals surface area contributed by atoms with E-state index in [-0.39, 0.29) is 28.1 Å². The lowest BCUT2D eigenvalue weighted by molar-refractivity contribution is 0.102. The first-order chi connectivity index (χ1) is 14.9. The molecule has 1 unspecified atom stereocenters. The SMILES string of the molecule is O=C(Nc1nc(-c2ccccn2)cs1)c1ccc(Cl)c(S(=O)(=O)NCC2CCCO2)c1. The van der Waals surface area contributed by atoms with Crippen LogP contribution in [0.3, 0.4) is 0 Å². The van der Waals surface area contributed by atoms with Crippen LogP contribution >= 0.6 is 22.9 Å². The Morgan fingerprint density at radius 1 is 1.26 bits per heavy atom. The third kappa shape index (κ3) is 5.28.